The number of benzene rings is 1. The summed E-state index contributed by atoms with van der Waals surface area (Å²) in [5.41, 5.74) is 0.0930. The molecule has 1 saturated heterocycles. The van der Waals surface area contributed by atoms with E-state index in [1.807, 2.05) is 0 Å². The van der Waals surface area contributed by atoms with E-state index in [0.29, 0.717) is 0 Å². The van der Waals surface area contributed by atoms with Gasteiger partial charge in [-0.2, -0.15) is 13.2 Å². The Kier molecular flexibility index (Phi) is 5.33. The fourth-order valence-electron chi connectivity index (χ4n) is 2.28. The van der Waals surface area contributed by atoms with Crippen LogP contribution in [0.5, 0.6) is 5.75 Å². The molecule has 1 aromatic rings. The van der Waals surface area contributed by atoms with Crippen LogP contribution in [-0.2, 0) is 4.74 Å². The third kappa shape index (κ3) is 3.84. The minimum atomic E-state index is -4.53. The van der Waals surface area contributed by atoms with E-state index < -0.39 is 30.8 Å². The van der Waals surface area contributed by atoms with Gasteiger partial charge < -0.3 is 14.4 Å². The average Bonchev–Trinajstić information content (AvgIpc) is 2.45. The van der Waals surface area contributed by atoms with Crippen LogP contribution in [0.4, 0.5) is 13.2 Å². The van der Waals surface area contributed by atoms with Crippen LogP contribution in [0.2, 0.25) is 10.0 Å². The zero-order chi connectivity index (χ0) is 17.4. The van der Waals surface area contributed by atoms with E-state index in [0.717, 1.165) is 4.90 Å². The minimum absolute atomic E-state index is 0.0930. The topological polar surface area (TPSA) is 38.8 Å². The van der Waals surface area contributed by atoms with Gasteiger partial charge in [-0.05, 0) is 19.1 Å². The highest BCUT2D eigenvalue weighted by molar-refractivity contribution is 6.37. The molecule has 1 aromatic carbocycles. The monoisotopic (exact) mass is 371 g/mol. The maximum Gasteiger partial charge on any atom is 0.416 e. The molecule has 2 unspecified atom stereocenters. The molecule has 128 valence electrons. The van der Waals surface area contributed by atoms with Crippen molar-refractivity contribution in [1.29, 1.82) is 0 Å². The molecule has 0 bridgehead atoms. The van der Waals surface area contributed by atoms with Crippen LogP contribution in [0, 0.1) is 0 Å². The lowest BCUT2D eigenvalue weighted by molar-refractivity contribution is -0.239. The molecular formula is C14H14Cl2F3NO3. The lowest BCUT2D eigenvalue weighted by Crippen LogP contribution is -2.55. The van der Waals surface area contributed by atoms with Crippen molar-refractivity contribution < 1.29 is 27.4 Å². The van der Waals surface area contributed by atoms with Gasteiger partial charge in [-0.25, -0.2) is 0 Å². The van der Waals surface area contributed by atoms with Gasteiger partial charge in [-0.1, -0.05) is 23.2 Å². The van der Waals surface area contributed by atoms with Gasteiger partial charge in [0.25, 0.3) is 5.91 Å². The zero-order valence-corrected chi connectivity index (χ0v) is 13.8. The lowest BCUT2D eigenvalue weighted by atomic mass is 10.1. The molecule has 4 nitrogen and oxygen atoms in total. The molecule has 0 N–H and O–H groups in total. The van der Waals surface area contributed by atoms with E-state index in [1.54, 1.807) is 6.92 Å². The molecule has 2 rings (SSSR count). The molecule has 1 amide bonds. The fourth-order valence-corrected chi connectivity index (χ4v) is 2.92. The molecule has 23 heavy (non-hydrogen) atoms. The highest BCUT2D eigenvalue weighted by Crippen LogP contribution is 2.35. The number of carbonyl (C=O) groups excluding carboxylic acids is 1. The largest absolute Gasteiger partial charge is 0.494 e. The second-order valence-corrected chi connectivity index (χ2v) is 5.96. The number of alkyl halides is 3. The summed E-state index contributed by atoms with van der Waals surface area (Å²) < 4.78 is 48.2. The van der Waals surface area contributed by atoms with E-state index in [1.165, 1.54) is 19.2 Å². The van der Waals surface area contributed by atoms with Crippen molar-refractivity contribution in [3.05, 3.63) is 27.7 Å². The van der Waals surface area contributed by atoms with Crippen molar-refractivity contribution in [3.8, 4) is 5.75 Å². The van der Waals surface area contributed by atoms with Crippen LogP contribution in [0.25, 0.3) is 0 Å². The number of methoxy groups -OCH3 is 1. The van der Waals surface area contributed by atoms with Crippen LogP contribution in [0.3, 0.4) is 0 Å². The van der Waals surface area contributed by atoms with Crippen molar-refractivity contribution in [1.82, 2.24) is 4.90 Å². The summed E-state index contributed by atoms with van der Waals surface area (Å²) >= 11 is 11.9. The van der Waals surface area contributed by atoms with Gasteiger partial charge in [-0.3, -0.25) is 4.79 Å². The number of carbonyl (C=O) groups is 1. The summed E-state index contributed by atoms with van der Waals surface area (Å²) in [6.45, 7) is 0.829. The number of morpholine rings is 1. The van der Waals surface area contributed by atoms with Gasteiger partial charge in [0, 0.05) is 5.56 Å². The number of amides is 1. The summed E-state index contributed by atoms with van der Waals surface area (Å²) in [6.07, 6.45) is -6.54. The Morgan fingerprint density at radius 1 is 1.35 bits per heavy atom. The maximum atomic E-state index is 12.8. The van der Waals surface area contributed by atoms with Gasteiger partial charge >= 0.3 is 6.18 Å². The summed E-state index contributed by atoms with van der Waals surface area (Å²) in [6, 6.07) is 2.14. The minimum Gasteiger partial charge on any atom is -0.494 e. The Balaban J connectivity index is 2.28. The fraction of sp³-hybridized carbons (Fsp3) is 0.500. The highest BCUT2D eigenvalue weighted by atomic mass is 35.5. The SMILES string of the molecule is COc1c(Cl)cc(C(=O)N2CC(C(F)(F)F)OCC2C)cc1Cl. The van der Waals surface area contributed by atoms with Crippen molar-refractivity contribution in [3.63, 3.8) is 0 Å². The summed E-state index contributed by atoms with van der Waals surface area (Å²) in [5.74, 6) is -0.394. The van der Waals surface area contributed by atoms with E-state index in [9.17, 15) is 18.0 Å². The first-order valence-electron chi connectivity index (χ1n) is 6.67. The summed E-state index contributed by atoms with van der Waals surface area (Å²) in [7, 11) is 1.37. The van der Waals surface area contributed by atoms with Gasteiger partial charge in [-0.15, -0.1) is 0 Å². The molecule has 1 aliphatic heterocycles. The molecule has 0 aromatic heterocycles. The number of rotatable bonds is 2. The number of hydrogen-bond donors (Lipinski definition) is 0. The van der Waals surface area contributed by atoms with E-state index >= 15 is 0 Å². The second-order valence-electron chi connectivity index (χ2n) is 5.14. The quantitative estimate of drug-likeness (QED) is 0.793. The molecule has 0 spiro atoms. The van der Waals surface area contributed by atoms with Crippen molar-refractivity contribution >= 4 is 29.1 Å². The van der Waals surface area contributed by atoms with Crippen LogP contribution < -0.4 is 4.74 Å². The average molecular weight is 372 g/mol. The lowest BCUT2D eigenvalue weighted by Gasteiger charge is -2.38. The first-order chi connectivity index (χ1) is 10.6. The Hall–Kier alpha value is -1.18. The highest BCUT2D eigenvalue weighted by Gasteiger charge is 2.46. The van der Waals surface area contributed by atoms with E-state index in [4.69, 9.17) is 32.7 Å². The first-order valence-corrected chi connectivity index (χ1v) is 7.43. The summed E-state index contributed by atoms with van der Waals surface area (Å²) in [5, 5.41) is 0.216. The molecule has 2 atom stereocenters. The van der Waals surface area contributed by atoms with Crippen LogP contribution in [-0.4, -0.2) is 49.4 Å². The Bertz CT molecular complexity index is 586. The van der Waals surface area contributed by atoms with Gasteiger partial charge in [0.2, 0.25) is 0 Å². The normalized spacial score (nSPS) is 22.1. The molecule has 1 fully saturated rings. The smallest absolute Gasteiger partial charge is 0.416 e. The number of halogens is 5. The summed E-state index contributed by atoms with van der Waals surface area (Å²) in [4.78, 5) is 13.6. The van der Waals surface area contributed by atoms with Gasteiger partial charge in [0.15, 0.2) is 11.9 Å². The number of ether oxygens (including phenoxy) is 2. The Morgan fingerprint density at radius 3 is 2.39 bits per heavy atom. The molecule has 9 heteroatoms. The molecule has 1 heterocycles. The maximum absolute atomic E-state index is 12.8. The van der Waals surface area contributed by atoms with Crippen LogP contribution >= 0.6 is 23.2 Å². The molecular weight excluding hydrogens is 358 g/mol. The van der Waals surface area contributed by atoms with E-state index in [-0.39, 0.29) is 28.0 Å². The number of nitrogens with zero attached hydrogens (tertiary/aromatic N) is 1. The molecule has 0 saturated carbocycles. The zero-order valence-electron chi connectivity index (χ0n) is 12.3. The standard InChI is InChI=1S/C14H14Cl2F3NO3/c1-7-6-23-11(14(17,18)19)5-20(7)13(21)8-3-9(15)12(22-2)10(16)4-8/h3-4,7,11H,5-6H2,1-2H3. The van der Waals surface area contributed by atoms with Gasteiger partial charge in [0.05, 0.1) is 36.3 Å². The first kappa shape index (κ1) is 18.2. The van der Waals surface area contributed by atoms with Crippen molar-refractivity contribution in [2.24, 2.45) is 0 Å². The second kappa shape index (κ2) is 6.75. The predicted molar refractivity (Wildman–Crippen MR) is 79.3 cm³/mol. The van der Waals surface area contributed by atoms with Crippen LogP contribution in [0.1, 0.15) is 17.3 Å². The Labute approximate surface area is 141 Å². The van der Waals surface area contributed by atoms with E-state index in [2.05, 4.69) is 0 Å². The third-order valence-corrected chi connectivity index (χ3v) is 4.07. The third-order valence-electron chi connectivity index (χ3n) is 3.51. The number of hydrogen-bond acceptors (Lipinski definition) is 3. The van der Waals surface area contributed by atoms with Gasteiger partial charge in [0.1, 0.15) is 0 Å². The molecule has 1 aliphatic rings. The Morgan fingerprint density at radius 2 is 1.91 bits per heavy atom. The van der Waals surface area contributed by atoms with Crippen LogP contribution in [0.15, 0.2) is 12.1 Å². The molecule has 0 aliphatic carbocycles. The van der Waals surface area contributed by atoms with Crippen molar-refractivity contribution in [2.75, 3.05) is 20.3 Å². The molecule has 0 radical (unpaired) electrons. The predicted octanol–water partition coefficient (Wildman–Crippen LogP) is 3.79. The van der Waals surface area contributed by atoms with Crippen molar-refractivity contribution in [2.45, 2.75) is 25.2 Å².